The average molecular weight is 257 g/mol. The van der Waals surface area contributed by atoms with Gasteiger partial charge in [0.25, 0.3) is 0 Å². The number of methoxy groups -OCH3 is 1. The molecule has 4 nitrogen and oxygen atoms in total. The smallest absolute Gasteiger partial charge is 0.223 e. The van der Waals surface area contributed by atoms with Crippen LogP contribution in [0, 0.1) is 17.8 Å². The second-order valence-corrected chi connectivity index (χ2v) is 5.71. The number of carbonyl (C=O) groups is 1. The zero-order valence-corrected chi connectivity index (χ0v) is 11.8. The molecule has 106 valence electrons. The van der Waals surface area contributed by atoms with E-state index in [0.29, 0.717) is 0 Å². The predicted octanol–water partition coefficient (Wildman–Crippen LogP) is 1.57. The van der Waals surface area contributed by atoms with Crippen LogP contribution in [0.5, 0.6) is 0 Å². The third-order valence-corrected chi connectivity index (χ3v) is 3.96. The summed E-state index contributed by atoms with van der Waals surface area (Å²) in [6.45, 7) is 5.06. The summed E-state index contributed by atoms with van der Waals surface area (Å²) in [7, 11) is 1.54. The standard InChI is InChI=1S/C14H27NO3/c1-10(2)11-4-6-12(7-5-11)14(17)15-8-13(16)9-18-3/h10-13,16H,4-9H2,1-3H3,(H,15,17). The molecule has 0 saturated heterocycles. The number of aliphatic hydroxyl groups is 1. The minimum absolute atomic E-state index is 0.0901. The van der Waals surface area contributed by atoms with Gasteiger partial charge < -0.3 is 15.2 Å². The van der Waals surface area contributed by atoms with E-state index < -0.39 is 6.10 Å². The quantitative estimate of drug-likeness (QED) is 0.759. The number of aliphatic hydroxyl groups excluding tert-OH is 1. The summed E-state index contributed by atoms with van der Waals surface area (Å²) < 4.78 is 4.82. The van der Waals surface area contributed by atoms with E-state index in [-0.39, 0.29) is 25.0 Å². The molecular weight excluding hydrogens is 230 g/mol. The van der Waals surface area contributed by atoms with Gasteiger partial charge >= 0.3 is 0 Å². The summed E-state index contributed by atoms with van der Waals surface area (Å²) in [6, 6.07) is 0. The van der Waals surface area contributed by atoms with Crippen molar-refractivity contribution in [3.05, 3.63) is 0 Å². The number of amides is 1. The summed E-state index contributed by atoms with van der Waals surface area (Å²) >= 11 is 0. The SMILES string of the molecule is COCC(O)CNC(=O)C1CCC(C(C)C)CC1. The van der Waals surface area contributed by atoms with Gasteiger partial charge in [-0.15, -0.1) is 0 Å². The number of rotatable bonds is 6. The van der Waals surface area contributed by atoms with E-state index in [9.17, 15) is 9.90 Å². The molecule has 0 radical (unpaired) electrons. The Balaban J connectivity index is 2.23. The Bertz CT molecular complexity index is 247. The first-order valence-electron chi connectivity index (χ1n) is 6.99. The normalized spacial score (nSPS) is 26.1. The number of carbonyl (C=O) groups excluding carboxylic acids is 1. The van der Waals surface area contributed by atoms with E-state index in [1.807, 2.05) is 0 Å². The molecule has 0 bridgehead atoms. The third-order valence-electron chi connectivity index (χ3n) is 3.96. The van der Waals surface area contributed by atoms with Crippen LogP contribution in [0.15, 0.2) is 0 Å². The molecule has 1 amide bonds. The molecule has 0 aromatic rings. The van der Waals surface area contributed by atoms with E-state index in [1.165, 1.54) is 7.11 Å². The first kappa shape index (κ1) is 15.4. The van der Waals surface area contributed by atoms with Gasteiger partial charge in [0.05, 0.1) is 12.7 Å². The second kappa shape index (κ2) is 7.74. The summed E-state index contributed by atoms with van der Waals surface area (Å²) in [4.78, 5) is 11.9. The Morgan fingerprint density at radius 1 is 1.33 bits per heavy atom. The molecule has 1 rings (SSSR count). The summed E-state index contributed by atoms with van der Waals surface area (Å²) in [5, 5.41) is 12.3. The topological polar surface area (TPSA) is 58.6 Å². The van der Waals surface area contributed by atoms with E-state index >= 15 is 0 Å². The van der Waals surface area contributed by atoms with Crippen molar-refractivity contribution >= 4 is 5.91 Å². The number of hydrogen-bond donors (Lipinski definition) is 2. The molecule has 18 heavy (non-hydrogen) atoms. The van der Waals surface area contributed by atoms with Gasteiger partial charge in [-0.1, -0.05) is 13.8 Å². The fraction of sp³-hybridized carbons (Fsp3) is 0.929. The molecule has 0 aliphatic heterocycles. The zero-order chi connectivity index (χ0) is 13.5. The van der Waals surface area contributed by atoms with Gasteiger partial charge in [0.15, 0.2) is 0 Å². The molecule has 0 heterocycles. The van der Waals surface area contributed by atoms with Crippen LogP contribution >= 0.6 is 0 Å². The van der Waals surface area contributed by atoms with Crippen molar-refractivity contribution in [1.29, 1.82) is 0 Å². The Kier molecular flexibility index (Phi) is 6.65. The molecule has 2 N–H and O–H groups in total. The van der Waals surface area contributed by atoms with Crippen molar-refractivity contribution in [3.8, 4) is 0 Å². The van der Waals surface area contributed by atoms with Crippen molar-refractivity contribution in [2.45, 2.75) is 45.6 Å². The molecule has 1 atom stereocenters. The molecule has 1 aliphatic rings. The molecule has 4 heteroatoms. The van der Waals surface area contributed by atoms with Gasteiger partial charge in [0, 0.05) is 19.6 Å². The Hall–Kier alpha value is -0.610. The first-order valence-corrected chi connectivity index (χ1v) is 6.99. The maximum absolute atomic E-state index is 11.9. The van der Waals surface area contributed by atoms with Gasteiger partial charge in [0.1, 0.15) is 0 Å². The van der Waals surface area contributed by atoms with Gasteiger partial charge in [0.2, 0.25) is 5.91 Å². The average Bonchev–Trinajstić information content (AvgIpc) is 2.36. The van der Waals surface area contributed by atoms with Crippen LogP contribution in [0.2, 0.25) is 0 Å². The summed E-state index contributed by atoms with van der Waals surface area (Å²) in [6.07, 6.45) is 3.66. The van der Waals surface area contributed by atoms with Gasteiger partial charge in [-0.05, 0) is 37.5 Å². The molecule has 1 saturated carbocycles. The Morgan fingerprint density at radius 2 is 1.94 bits per heavy atom. The largest absolute Gasteiger partial charge is 0.389 e. The van der Waals surface area contributed by atoms with E-state index in [0.717, 1.165) is 37.5 Å². The van der Waals surface area contributed by atoms with Crippen LogP contribution < -0.4 is 5.32 Å². The monoisotopic (exact) mass is 257 g/mol. The zero-order valence-electron chi connectivity index (χ0n) is 11.8. The number of nitrogens with one attached hydrogen (secondary N) is 1. The fourth-order valence-corrected chi connectivity index (χ4v) is 2.66. The maximum Gasteiger partial charge on any atom is 0.223 e. The molecule has 0 spiro atoms. The van der Waals surface area contributed by atoms with Crippen LogP contribution in [0.25, 0.3) is 0 Å². The van der Waals surface area contributed by atoms with Crippen molar-refractivity contribution in [2.24, 2.45) is 17.8 Å². The van der Waals surface area contributed by atoms with Gasteiger partial charge in [-0.25, -0.2) is 0 Å². The van der Waals surface area contributed by atoms with Crippen LogP contribution in [0.1, 0.15) is 39.5 Å². The van der Waals surface area contributed by atoms with E-state index in [2.05, 4.69) is 19.2 Å². The van der Waals surface area contributed by atoms with Crippen molar-refractivity contribution in [2.75, 3.05) is 20.3 Å². The molecule has 0 aromatic heterocycles. The first-order chi connectivity index (χ1) is 8.54. The highest BCUT2D eigenvalue weighted by molar-refractivity contribution is 5.78. The summed E-state index contributed by atoms with van der Waals surface area (Å²) in [5.74, 6) is 1.72. The minimum atomic E-state index is -0.606. The van der Waals surface area contributed by atoms with Gasteiger partial charge in [-0.3, -0.25) is 4.79 Å². The van der Waals surface area contributed by atoms with E-state index in [1.54, 1.807) is 0 Å². The van der Waals surface area contributed by atoms with Crippen LogP contribution in [0.3, 0.4) is 0 Å². The Labute approximate surface area is 110 Å². The lowest BCUT2D eigenvalue weighted by Crippen LogP contribution is -2.39. The number of ether oxygens (including phenoxy) is 1. The van der Waals surface area contributed by atoms with E-state index in [4.69, 9.17) is 4.74 Å². The minimum Gasteiger partial charge on any atom is -0.389 e. The molecule has 0 aromatic carbocycles. The lowest BCUT2D eigenvalue weighted by Gasteiger charge is -2.30. The Morgan fingerprint density at radius 3 is 2.44 bits per heavy atom. The third kappa shape index (κ3) is 4.94. The van der Waals surface area contributed by atoms with Crippen molar-refractivity contribution in [1.82, 2.24) is 5.32 Å². The fourth-order valence-electron chi connectivity index (χ4n) is 2.66. The molecule has 1 aliphatic carbocycles. The van der Waals surface area contributed by atoms with Gasteiger partial charge in [-0.2, -0.15) is 0 Å². The molecule has 1 fully saturated rings. The highest BCUT2D eigenvalue weighted by Gasteiger charge is 2.27. The second-order valence-electron chi connectivity index (χ2n) is 5.71. The highest BCUT2D eigenvalue weighted by Crippen LogP contribution is 2.33. The molecular formula is C14H27NO3. The highest BCUT2D eigenvalue weighted by atomic mass is 16.5. The maximum atomic E-state index is 11.9. The van der Waals surface area contributed by atoms with Crippen molar-refractivity contribution in [3.63, 3.8) is 0 Å². The lowest BCUT2D eigenvalue weighted by atomic mass is 9.77. The number of hydrogen-bond acceptors (Lipinski definition) is 3. The summed E-state index contributed by atoms with van der Waals surface area (Å²) in [5.41, 5.74) is 0. The van der Waals surface area contributed by atoms with Crippen LogP contribution in [-0.4, -0.2) is 37.4 Å². The molecule has 1 unspecified atom stereocenters. The predicted molar refractivity (Wildman–Crippen MR) is 71.2 cm³/mol. The van der Waals surface area contributed by atoms with Crippen LogP contribution in [0.4, 0.5) is 0 Å². The van der Waals surface area contributed by atoms with Crippen LogP contribution in [-0.2, 0) is 9.53 Å². The lowest BCUT2D eigenvalue weighted by molar-refractivity contribution is -0.127. The van der Waals surface area contributed by atoms with Crippen molar-refractivity contribution < 1.29 is 14.6 Å².